The molecule has 0 saturated heterocycles. The number of nitrogens with one attached hydrogen (secondary N) is 1. The van der Waals surface area contributed by atoms with Gasteiger partial charge in [-0.05, 0) is 37.0 Å². The van der Waals surface area contributed by atoms with Gasteiger partial charge in [0.25, 0.3) is 0 Å². The monoisotopic (exact) mass is 290 g/mol. The normalized spacial score (nSPS) is 13.1. The van der Waals surface area contributed by atoms with E-state index in [0.717, 1.165) is 34.6 Å². The summed E-state index contributed by atoms with van der Waals surface area (Å²) in [5.74, 6) is 0.401. The van der Waals surface area contributed by atoms with Crippen molar-refractivity contribution >= 4 is 22.5 Å². The second kappa shape index (κ2) is 6.55. The molecular weight excluding hydrogens is 268 g/mol. The van der Waals surface area contributed by atoms with Gasteiger partial charge in [0.2, 0.25) is 0 Å². The fraction of sp³-hybridized carbons (Fsp3) is 0.471. The molecule has 0 fully saturated rings. The van der Waals surface area contributed by atoms with E-state index in [2.05, 4.69) is 45.1 Å². The number of aromatic nitrogens is 1. The van der Waals surface area contributed by atoms with Crippen molar-refractivity contribution in [2.45, 2.75) is 52.6 Å². The third-order valence-electron chi connectivity index (χ3n) is 3.74. The summed E-state index contributed by atoms with van der Waals surface area (Å²) in [7, 11) is 0. The Morgan fingerprint density at radius 3 is 2.65 bits per heavy atom. The summed E-state index contributed by atoms with van der Waals surface area (Å²) in [6.07, 6.45) is 1.13. The molecule has 0 aliphatic carbocycles. The Labute approximate surface area is 126 Å². The number of rotatable bonds is 5. The van der Waals surface area contributed by atoms with Crippen molar-refractivity contribution in [1.82, 2.24) is 10.3 Å². The van der Waals surface area contributed by atoms with E-state index in [9.17, 15) is 0 Å². The van der Waals surface area contributed by atoms with Crippen LogP contribution in [0.1, 0.15) is 51.3 Å². The first-order valence-electron chi connectivity index (χ1n) is 7.34. The van der Waals surface area contributed by atoms with E-state index in [-0.39, 0.29) is 0 Å². The molecule has 0 saturated carbocycles. The zero-order valence-corrected chi connectivity index (χ0v) is 13.5. The molecule has 2 rings (SSSR count). The maximum Gasteiger partial charge on any atom is 0.0894 e. The lowest BCUT2D eigenvalue weighted by atomic mass is 10.0. The first-order chi connectivity index (χ1) is 9.52. The quantitative estimate of drug-likeness (QED) is 0.847. The van der Waals surface area contributed by atoms with E-state index in [1.807, 2.05) is 12.1 Å². The van der Waals surface area contributed by atoms with Gasteiger partial charge in [-0.1, -0.05) is 44.5 Å². The molecule has 20 heavy (non-hydrogen) atoms. The van der Waals surface area contributed by atoms with Crippen LogP contribution in [0.2, 0.25) is 5.02 Å². The lowest BCUT2D eigenvalue weighted by Gasteiger charge is -2.15. The molecule has 0 aliphatic rings. The third kappa shape index (κ3) is 3.31. The standard InChI is InChI=1S/C17H23ClN2/c1-5-12(4)19-10-13-9-16(11(2)3)20-17-14(13)7-6-8-15(17)18/h6-9,11-12,19H,5,10H2,1-4H3. The van der Waals surface area contributed by atoms with E-state index >= 15 is 0 Å². The van der Waals surface area contributed by atoms with Crippen molar-refractivity contribution in [3.63, 3.8) is 0 Å². The van der Waals surface area contributed by atoms with Crippen molar-refractivity contribution in [3.05, 3.63) is 40.5 Å². The first-order valence-corrected chi connectivity index (χ1v) is 7.72. The second-order valence-corrected chi connectivity index (χ2v) is 6.09. The Hall–Kier alpha value is -1.12. The molecule has 2 nitrogen and oxygen atoms in total. The van der Waals surface area contributed by atoms with Crippen LogP contribution in [0, 0.1) is 0 Å². The van der Waals surface area contributed by atoms with Gasteiger partial charge < -0.3 is 5.32 Å². The number of hydrogen-bond acceptors (Lipinski definition) is 2. The molecule has 1 heterocycles. The fourth-order valence-electron chi connectivity index (χ4n) is 2.18. The summed E-state index contributed by atoms with van der Waals surface area (Å²) >= 11 is 6.31. The molecule has 1 aromatic heterocycles. The minimum atomic E-state index is 0.401. The van der Waals surface area contributed by atoms with Crippen molar-refractivity contribution in [3.8, 4) is 0 Å². The molecular formula is C17H23ClN2. The average Bonchev–Trinajstić information content (AvgIpc) is 2.44. The summed E-state index contributed by atoms with van der Waals surface area (Å²) in [6.45, 7) is 9.58. The van der Waals surface area contributed by atoms with Gasteiger partial charge >= 0.3 is 0 Å². The Bertz CT molecular complexity index is 593. The molecule has 1 N–H and O–H groups in total. The largest absolute Gasteiger partial charge is 0.310 e. The molecule has 0 radical (unpaired) electrons. The maximum atomic E-state index is 6.31. The van der Waals surface area contributed by atoms with Crippen LogP contribution in [0.4, 0.5) is 0 Å². The SMILES string of the molecule is CCC(C)NCc1cc(C(C)C)nc2c(Cl)cccc12. The number of para-hydroxylation sites is 1. The van der Waals surface area contributed by atoms with Crippen LogP contribution in [0.5, 0.6) is 0 Å². The summed E-state index contributed by atoms with van der Waals surface area (Å²) in [5.41, 5.74) is 3.30. The Morgan fingerprint density at radius 2 is 2.00 bits per heavy atom. The van der Waals surface area contributed by atoms with Gasteiger partial charge in [0.1, 0.15) is 0 Å². The number of hydrogen-bond donors (Lipinski definition) is 1. The minimum Gasteiger partial charge on any atom is -0.310 e. The molecule has 108 valence electrons. The molecule has 0 amide bonds. The Morgan fingerprint density at radius 1 is 1.25 bits per heavy atom. The van der Waals surface area contributed by atoms with Crippen LogP contribution in [0.3, 0.4) is 0 Å². The molecule has 1 unspecified atom stereocenters. The van der Waals surface area contributed by atoms with Crippen LogP contribution < -0.4 is 5.32 Å². The summed E-state index contributed by atoms with van der Waals surface area (Å²) < 4.78 is 0. The van der Waals surface area contributed by atoms with Crippen LogP contribution in [-0.4, -0.2) is 11.0 Å². The van der Waals surface area contributed by atoms with Crippen LogP contribution in [0.15, 0.2) is 24.3 Å². The Balaban J connectivity index is 2.47. The topological polar surface area (TPSA) is 24.9 Å². The van der Waals surface area contributed by atoms with Gasteiger partial charge in [-0.2, -0.15) is 0 Å². The summed E-state index contributed by atoms with van der Waals surface area (Å²) in [4.78, 5) is 4.72. The first kappa shape index (κ1) is 15.3. The van der Waals surface area contributed by atoms with Gasteiger partial charge in [-0.15, -0.1) is 0 Å². The van der Waals surface area contributed by atoms with E-state index in [1.54, 1.807) is 0 Å². The van der Waals surface area contributed by atoms with E-state index in [4.69, 9.17) is 16.6 Å². The van der Waals surface area contributed by atoms with Gasteiger partial charge in [0.05, 0.1) is 10.5 Å². The maximum absolute atomic E-state index is 6.31. The van der Waals surface area contributed by atoms with Crippen LogP contribution >= 0.6 is 11.6 Å². The minimum absolute atomic E-state index is 0.401. The van der Waals surface area contributed by atoms with Gasteiger partial charge in [-0.3, -0.25) is 4.98 Å². The molecule has 0 aliphatic heterocycles. The van der Waals surface area contributed by atoms with Crippen LogP contribution in [-0.2, 0) is 6.54 Å². The highest BCUT2D eigenvalue weighted by Crippen LogP contribution is 2.27. The second-order valence-electron chi connectivity index (χ2n) is 5.69. The predicted molar refractivity (Wildman–Crippen MR) is 87.4 cm³/mol. The highest BCUT2D eigenvalue weighted by atomic mass is 35.5. The Kier molecular flexibility index (Phi) is 5.00. The smallest absolute Gasteiger partial charge is 0.0894 e. The fourth-order valence-corrected chi connectivity index (χ4v) is 2.39. The number of nitrogens with zero attached hydrogens (tertiary/aromatic N) is 1. The lowest BCUT2D eigenvalue weighted by Crippen LogP contribution is -2.24. The molecule has 0 bridgehead atoms. The molecule has 0 spiro atoms. The van der Waals surface area contributed by atoms with Crippen molar-refractivity contribution in [2.24, 2.45) is 0 Å². The van der Waals surface area contributed by atoms with E-state index < -0.39 is 0 Å². The van der Waals surface area contributed by atoms with E-state index in [1.165, 1.54) is 5.56 Å². The summed E-state index contributed by atoms with van der Waals surface area (Å²) in [6, 6.07) is 8.73. The number of halogens is 1. The number of fused-ring (bicyclic) bond motifs is 1. The highest BCUT2D eigenvalue weighted by molar-refractivity contribution is 6.35. The van der Waals surface area contributed by atoms with Gasteiger partial charge in [0.15, 0.2) is 0 Å². The summed E-state index contributed by atoms with van der Waals surface area (Å²) in [5, 5.41) is 5.44. The van der Waals surface area contributed by atoms with Crippen molar-refractivity contribution in [1.29, 1.82) is 0 Å². The van der Waals surface area contributed by atoms with Crippen molar-refractivity contribution in [2.75, 3.05) is 0 Å². The van der Waals surface area contributed by atoms with Crippen LogP contribution in [0.25, 0.3) is 10.9 Å². The number of benzene rings is 1. The molecule has 1 aromatic carbocycles. The van der Waals surface area contributed by atoms with E-state index in [0.29, 0.717) is 12.0 Å². The molecule has 2 aromatic rings. The highest BCUT2D eigenvalue weighted by Gasteiger charge is 2.11. The lowest BCUT2D eigenvalue weighted by molar-refractivity contribution is 0.535. The van der Waals surface area contributed by atoms with Gasteiger partial charge in [-0.25, -0.2) is 0 Å². The van der Waals surface area contributed by atoms with Crippen molar-refractivity contribution < 1.29 is 0 Å². The zero-order chi connectivity index (χ0) is 14.7. The molecule has 1 atom stereocenters. The number of pyridine rings is 1. The third-order valence-corrected chi connectivity index (χ3v) is 4.05. The zero-order valence-electron chi connectivity index (χ0n) is 12.7. The van der Waals surface area contributed by atoms with Gasteiger partial charge in [0, 0.05) is 23.7 Å². The molecule has 3 heteroatoms. The predicted octanol–water partition coefficient (Wildman–Crippen LogP) is 4.90. The average molecular weight is 291 g/mol.